The minimum atomic E-state index is -4.42. The van der Waals surface area contributed by atoms with Gasteiger partial charge in [0.1, 0.15) is 5.82 Å². The summed E-state index contributed by atoms with van der Waals surface area (Å²) in [6.07, 6.45) is 3.01. The lowest BCUT2D eigenvalue weighted by Gasteiger charge is -2.32. The Labute approximate surface area is 219 Å². The normalized spacial score (nSPS) is 14.3. The number of allylic oxidation sites excluding steroid dienone is 3. The quantitative estimate of drug-likeness (QED) is 0.264. The van der Waals surface area contributed by atoms with Crippen LogP contribution in [0.2, 0.25) is 5.02 Å². The topological polar surface area (TPSA) is 21.1 Å². The maximum Gasteiger partial charge on any atom is 0.394 e. The summed E-state index contributed by atoms with van der Waals surface area (Å²) in [4.78, 5) is 1.94. The summed E-state index contributed by atoms with van der Waals surface area (Å²) in [6, 6.07) is 11.0. The van der Waals surface area contributed by atoms with Crippen molar-refractivity contribution in [1.82, 2.24) is 14.7 Å². The molecule has 0 radical (unpaired) electrons. The standard InChI is InChI=1S/C29H28ClF4N3/c1-19-8-6-13-25(31)27(19)28(20(2)21-9-4-5-10-21)36(3)15-14-22-18-35-37(26(22)17-29(32,33)34)24-12-7-11-23(30)16-24/h4,6-13,16,18,28H,2,5,14-15,17H2,1,3H3. The summed E-state index contributed by atoms with van der Waals surface area (Å²) in [6.45, 7) is 6.49. The Hall–Kier alpha value is -3.16. The van der Waals surface area contributed by atoms with Crippen LogP contribution in [0.4, 0.5) is 17.6 Å². The van der Waals surface area contributed by atoms with Crippen molar-refractivity contribution < 1.29 is 17.6 Å². The molecule has 1 aliphatic carbocycles. The molecule has 37 heavy (non-hydrogen) atoms. The van der Waals surface area contributed by atoms with E-state index in [1.54, 1.807) is 30.3 Å². The second-order valence-electron chi connectivity index (χ2n) is 9.23. The molecule has 0 bridgehead atoms. The second kappa shape index (κ2) is 11.1. The van der Waals surface area contributed by atoms with Crippen molar-refractivity contribution in [3.05, 3.63) is 118 Å². The third-order valence-electron chi connectivity index (χ3n) is 6.57. The molecule has 0 saturated heterocycles. The van der Waals surface area contributed by atoms with Crippen LogP contribution in [0, 0.1) is 12.7 Å². The molecule has 2 aromatic carbocycles. The lowest BCUT2D eigenvalue weighted by molar-refractivity contribution is -0.128. The van der Waals surface area contributed by atoms with Crippen LogP contribution in [0.1, 0.15) is 34.8 Å². The molecule has 1 unspecified atom stereocenters. The maximum absolute atomic E-state index is 15.1. The predicted molar refractivity (Wildman–Crippen MR) is 140 cm³/mol. The Balaban J connectivity index is 1.66. The lowest BCUT2D eigenvalue weighted by Crippen LogP contribution is -2.30. The fourth-order valence-electron chi connectivity index (χ4n) is 4.76. The van der Waals surface area contributed by atoms with E-state index in [9.17, 15) is 13.2 Å². The van der Waals surface area contributed by atoms with Crippen molar-refractivity contribution in [3.63, 3.8) is 0 Å². The fourth-order valence-corrected chi connectivity index (χ4v) is 4.94. The first-order valence-electron chi connectivity index (χ1n) is 11.9. The molecule has 1 atom stereocenters. The van der Waals surface area contributed by atoms with Gasteiger partial charge in [0.15, 0.2) is 0 Å². The SMILES string of the molecule is C=C(C1=CCC=C1)C(c1c(C)cccc1F)N(C)CCc1cnn(-c2cccc(Cl)c2)c1CC(F)(F)F. The third kappa shape index (κ3) is 6.22. The van der Waals surface area contributed by atoms with E-state index < -0.39 is 18.6 Å². The van der Waals surface area contributed by atoms with E-state index in [4.69, 9.17) is 11.6 Å². The number of alkyl halides is 3. The van der Waals surface area contributed by atoms with E-state index >= 15 is 4.39 Å². The summed E-state index contributed by atoms with van der Waals surface area (Å²) in [5.74, 6) is -0.341. The van der Waals surface area contributed by atoms with Gasteiger partial charge >= 0.3 is 6.18 Å². The summed E-state index contributed by atoms with van der Waals surface area (Å²) in [5.41, 5.74) is 3.97. The van der Waals surface area contributed by atoms with Gasteiger partial charge in [-0.1, -0.05) is 54.6 Å². The minimum absolute atomic E-state index is 0.0575. The molecule has 0 fully saturated rings. The molecule has 0 saturated carbocycles. The van der Waals surface area contributed by atoms with Crippen LogP contribution in [-0.2, 0) is 12.8 Å². The summed E-state index contributed by atoms with van der Waals surface area (Å²) >= 11 is 6.07. The molecule has 0 aliphatic heterocycles. The van der Waals surface area contributed by atoms with Gasteiger partial charge in [-0.05, 0) is 73.4 Å². The van der Waals surface area contributed by atoms with Crippen LogP contribution >= 0.6 is 11.6 Å². The minimum Gasteiger partial charge on any atom is -0.295 e. The molecule has 0 N–H and O–H groups in total. The Kier molecular flexibility index (Phi) is 8.05. The van der Waals surface area contributed by atoms with Crippen LogP contribution in [0.5, 0.6) is 0 Å². The van der Waals surface area contributed by atoms with Crippen molar-refractivity contribution >= 4 is 11.6 Å². The van der Waals surface area contributed by atoms with Crippen LogP contribution in [0.3, 0.4) is 0 Å². The van der Waals surface area contributed by atoms with E-state index in [0.29, 0.717) is 28.4 Å². The number of aryl methyl sites for hydroxylation is 1. The highest BCUT2D eigenvalue weighted by Gasteiger charge is 2.32. The van der Waals surface area contributed by atoms with E-state index in [1.807, 2.05) is 43.2 Å². The van der Waals surface area contributed by atoms with Crippen molar-refractivity contribution in [3.8, 4) is 5.69 Å². The fraction of sp³-hybridized carbons (Fsp3) is 0.276. The molecule has 0 spiro atoms. The smallest absolute Gasteiger partial charge is 0.295 e. The van der Waals surface area contributed by atoms with Gasteiger partial charge in [-0.15, -0.1) is 0 Å². The van der Waals surface area contributed by atoms with Gasteiger partial charge in [0.2, 0.25) is 0 Å². The molecule has 194 valence electrons. The number of hydrogen-bond donors (Lipinski definition) is 0. The molecule has 8 heteroatoms. The van der Waals surface area contributed by atoms with Crippen molar-refractivity contribution in [1.29, 1.82) is 0 Å². The number of rotatable bonds is 9. The molecule has 3 aromatic rings. The van der Waals surface area contributed by atoms with E-state index in [2.05, 4.69) is 11.7 Å². The zero-order valence-electron chi connectivity index (χ0n) is 20.7. The molecule has 1 aromatic heterocycles. The van der Waals surface area contributed by atoms with Crippen LogP contribution < -0.4 is 0 Å². The van der Waals surface area contributed by atoms with E-state index in [0.717, 1.165) is 23.1 Å². The molecule has 3 nitrogen and oxygen atoms in total. The molecular weight excluding hydrogens is 502 g/mol. The summed E-state index contributed by atoms with van der Waals surface area (Å²) in [7, 11) is 1.84. The average Bonchev–Trinajstić information content (AvgIpc) is 3.49. The highest BCUT2D eigenvalue weighted by Crippen LogP contribution is 2.37. The van der Waals surface area contributed by atoms with Crippen LogP contribution in [0.15, 0.2) is 84.6 Å². The van der Waals surface area contributed by atoms with Crippen molar-refractivity contribution in [2.45, 2.75) is 38.4 Å². The monoisotopic (exact) mass is 529 g/mol. The predicted octanol–water partition coefficient (Wildman–Crippen LogP) is 7.74. The molecular formula is C29H28ClF4N3. The van der Waals surface area contributed by atoms with Gasteiger partial charge in [0.05, 0.1) is 30.0 Å². The zero-order chi connectivity index (χ0) is 26.7. The largest absolute Gasteiger partial charge is 0.394 e. The Morgan fingerprint density at radius 3 is 2.62 bits per heavy atom. The Morgan fingerprint density at radius 2 is 1.97 bits per heavy atom. The molecule has 1 heterocycles. The number of likely N-dealkylation sites (N-methyl/N-ethyl adjacent to an activating group) is 1. The molecule has 0 amide bonds. The van der Waals surface area contributed by atoms with Gasteiger partial charge in [0.25, 0.3) is 0 Å². The van der Waals surface area contributed by atoms with Crippen LogP contribution in [0.25, 0.3) is 5.69 Å². The van der Waals surface area contributed by atoms with Crippen molar-refractivity contribution in [2.75, 3.05) is 13.6 Å². The van der Waals surface area contributed by atoms with Gasteiger partial charge in [-0.3, -0.25) is 4.90 Å². The number of nitrogens with zero attached hydrogens (tertiary/aromatic N) is 3. The van der Waals surface area contributed by atoms with Gasteiger partial charge < -0.3 is 0 Å². The highest BCUT2D eigenvalue weighted by atomic mass is 35.5. The number of benzene rings is 2. The average molecular weight is 530 g/mol. The number of hydrogen-bond acceptors (Lipinski definition) is 2. The Morgan fingerprint density at radius 1 is 1.22 bits per heavy atom. The first kappa shape index (κ1) is 26.9. The van der Waals surface area contributed by atoms with Gasteiger partial charge in [-0.2, -0.15) is 18.3 Å². The first-order chi connectivity index (χ1) is 17.5. The second-order valence-corrected chi connectivity index (χ2v) is 9.66. The van der Waals surface area contributed by atoms with Gasteiger partial charge in [-0.25, -0.2) is 9.07 Å². The summed E-state index contributed by atoms with van der Waals surface area (Å²) in [5, 5.41) is 4.67. The van der Waals surface area contributed by atoms with Crippen LogP contribution in [-0.4, -0.2) is 34.4 Å². The van der Waals surface area contributed by atoms with Crippen molar-refractivity contribution in [2.24, 2.45) is 0 Å². The van der Waals surface area contributed by atoms with E-state index in [1.165, 1.54) is 16.9 Å². The summed E-state index contributed by atoms with van der Waals surface area (Å²) < 4.78 is 57.0. The van der Waals surface area contributed by atoms with E-state index in [-0.39, 0.29) is 17.9 Å². The maximum atomic E-state index is 15.1. The Bertz CT molecular complexity index is 1330. The molecule has 1 aliphatic rings. The highest BCUT2D eigenvalue weighted by molar-refractivity contribution is 6.30. The zero-order valence-corrected chi connectivity index (χ0v) is 21.5. The van der Waals surface area contributed by atoms with Gasteiger partial charge in [0, 0.05) is 17.1 Å². The third-order valence-corrected chi connectivity index (χ3v) is 6.80. The lowest BCUT2D eigenvalue weighted by atomic mass is 9.90. The first-order valence-corrected chi connectivity index (χ1v) is 12.3. The molecule has 4 rings (SSSR count). The number of halogens is 5. The number of aromatic nitrogens is 2.